The van der Waals surface area contributed by atoms with Gasteiger partial charge in [-0.2, -0.15) is 0 Å². The maximum atomic E-state index is 13.6. The molecule has 1 fully saturated rings. The van der Waals surface area contributed by atoms with Crippen LogP contribution in [0.1, 0.15) is 49.4 Å². The van der Waals surface area contributed by atoms with Crippen LogP contribution in [0.25, 0.3) is 0 Å². The number of thioether (sulfide) groups is 1. The van der Waals surface area contributed by atoms with Gasteiger partial charge in [0.15, 0.2) is 11.5 Å². The van der Waals surface area contributed by atoms with Gasteiger partial charge < -0.3 is 39.0 Å². The van der Waals surface area contributed by atoms with Crippen molar-refractivity contribution in [2.75, 3.05) is 67.2 Å². The van der Waals surface area contributed by atoms with E-state index in [9.17, 15) is 5.21 Å². The molecule has 2 heterocycles. The van der Waals surface area contributed by atoms with E-state index in [-0.39, 0.29) is 6.04 Å². The largest absolute Gasteiger partial charge is 0.784 e. The van der Waals surface area contributed by atoms with Gasteiger partial charge in [0, 0.05) is 54.2 Å². The molecule has 0 saturated carbocycles. The Morgan fingerprint density at radius 3 is 2.20 bits per heavy atom. The summed E-state index contributed by atoms with van der Waals surface area (Å²) in [6, 6.07) is 17.6. The van der Waals surface area contributed by atoms with E-state index in [4.69, 9.17) is 30.5 Å². The lowest BCUT2D eigenvalue weighted by Crippen LogP contribution is -2.47. The van der Waals surface area contributed by atoms with E-state index in [1.54, 1.807) is 33.1 Å². The van der Waals surface area contributed by atoms with Gasteiger partial charge in [-0.15, -0.1) is 0 Å². The Balaban J connectivity index is 1.08. The molecule has 2 aliphatic heterocycles. The molecule has 0 N–H and O–H groups in total. The number of methoxy groups -OCH3 is 3. The highest BCUT2D eigenvalue weighted by Crippen LogP contribution is 2.55. The zero-order chi connectivity index (χ0) is 32.0. The van der Waals surface area contributed by atoms with Gasteiger partial charge in [-0.05, 0) is 87.2 Å². The summed E-state index contributed by atoms with van der Waals surface area (Å²) < 4.78 is 22.8. The second-order valence-electron chi connectivity index (χ2n) is 11.8. The van der Waals surface area contributed by atoms with Gasteiger partial charge in [0.25, 0.3) is 0 Å². The van der Waals surface area contributed by atoms with Crippen LogP contribution in [0, 0.1) is 5.21 Å². The van der Waals surface area contributed by atoms with Crippen molar-refractivity contribution in [2.24, 2.45) is 0 Å². The average molecular weight is 655 g/mol. The first-order valence-electron chi connectivity index (χ1n) is 15.7. The van der Waals surface area contributed by atoms with Gasteiger partial charge in [-0.3, -0.25) is 0 Å². The van der Waals surface area contributed by atoms with Crippen molar-refractivity contribution in [3.05, 3.63) is 81.5 Å². The van der Waals surface area contributed by atoms with Gasteiger partial charge in [-0.25, -0.2) is 0 Å². The molecule has 1 saturated heterocycles. The number of hydrogen-bond acceptors (Lipinski definition) is 9. The highest BCUT2D eigenvalue weighted by molar-refractivity contribution is 8.00. The number of benzene rings is 3. The van der Waals surface area contributed by atoms with Crippen molar-refractivity contribution in [1.82, 2.24) is 14.9 Å². The van der Waals surface area contributed by atoms with Crippen LogP contribution < -0.4 is 18.9 Å². The topological polar surface area (TPSA) is 69.7 Å². The molecule has 3 aromatic rings. The third-order valence-electron chi connectivity index (χ3n) is 8.92. The van der Waals surface area contributed by atoms with Crippen LogP contribution in [-0.2, 0) is 11.3 Å². The molecule has 2 aliphatic rings. The third kappa shape index (κ3) is 7.67. The first-order valence-corrected chi connectivity index (χ1v) is 16.9. The Labute approximate surface area is 277 Å². The number of hydrogen-bond donors (Lipinski definition) is 0. The van der Waals surface area contributed by atoms with E-state index in [1.807, 2.05) is 62.4 Å². The molecule has 0 bridgehead atoms. The molecule has 2 unspecified atom stereocenters. The van der Waals surface area contributed by atoms with Crippen molar-refractivity contribution >= 4 is 23.4 Å². The van der Waals surface area contributed by atoms with Crippen LogP contribution in [0.3, 0.4) is 0 Å². The number of hydroxylamine groups is 2. The van der Waals surface area contributed by atoms with E-state index in [1.165, 1.54) is 10.6 Å². The zero-order valence-electron chi connectivity index (χ0n) is 27.0. The molecule has 0 radical (unpaired) electrons. The first-order chi connectivity index (χ1) is 21.8. The predicted molar refractivity (Wildman–Crippen MR) is 182 cm³/mol. The Kier molecular flexibility index (Phi) is 11.4. The van der Waals surface area contributed by atoms with E-state index >= 15 is 0 Å². The van der Waals surface area contributed by atoms with Crippen LogP contribution in [0.2, 0.25) is 5.02 Å². The highest BCUT2D eigenvalue weighted by Gasteiger charge is 2.40. The summed E-state index contributed by atoms with van der Waals surface area (Å²) >= 11 is 8.00. The van der Waals surface area contributed by atoms with Crippen LogP contribution in [0.15, 0.2) is 59.5 Å². The maximum Gasteiger partial charge on any atom is 0.203 e. The van der Waals surface area contributed by atoms with Crippen LogP contribution in [0.5, 0.6) is 23.0 Å². The second-order valence-corrected chi connectivity index (χ2v) is 13.7. The van der Waals surface area contributed by atoms with E-state index in [2.05, 4.69) is 15.9 Å². The number of nitrogens with zero attached hydrogens (tertiary/aromatic N) is 3. The van der Waals surface area contributed by atoms with Crippen LogP contribution in [0.4, 0.5) is 0 Å². The van der Waals surface area contributed by atoms with Gasteiger partial charge in [0.1, 0.15) is 5.75 Å². The zero-order valence-corrected chi connectivity index (χ0v) is 28.6. The summed E-state index contributed by atoms with van der Waals surface area (Å²) in [4.78, 5) is 5.33. The van der Waals surface area contributed by atoms with E-state index in [0.29, 0.717) is 28.9 Å². The summed E-state index contributed by atoms with van der Waals surface area (Å²) in [6.07, 6.45) is 2.92. The van der Waals surface area contributed by atoms with Crippen molar-refractivity contribution < 1.29 is 18.9 Å². The predicted octanol–water partition coefficient (Wildman–Crippen LogP) is 7.22. The van der Waals surface area contributed by atoms with Crippen molar-refractivity contribution in [1.29, 1.82) is 0 Å². The van der Waals surface area contributed by atoms with E-state index in [0.717, 1.165) is 80.3 Å². The minimum absolute atomic E-state index is 0.269. The summed E-state index contributed by atoms with van der Waals surface area (Å²) in [7, 11) is 4.93. The van der Waals surface area contributed by atoms with Gasteiger partial charge in [0.2, 0.25) is 5.75 Å². The van der Waals surface area contributed by atoms with Gasteiger partial charge in [0.05, 0.1) is 32.8 Å². The smallest absolute Gasteiger partial charge is 0.203 e. The molecule has 244 valence electrons. The van der Waals surface area contributed by atoms with E-state index < -0.39 is 4.87 Å². The number of unbranched alkanes of at least 4 members (excludes halogenated alkanes) is 1. The minimum Gasteiger partial charge on any atom is -0.784 e. The molecule has 2 atom stereocenters. The fourth-order valence-electron chi connectivity index (χ4n) is 6.26. The average Bonchev–Trinajstić information content (AvgIpc) is 3.06. The lowest BCUT2D eigenvalue weighted by Gasteiger charge is -2.53. The molecule has 5 rings (SSSR count). The maximum absolute atomic E-state index is 13.6. The Hall–Kier alpha value is -2.66. The Morgan fingerprint density at radius 1 is 0.867 bits per heavy atom. The summed E-state index contributed by atoms with van der Waals surface area (Å²) in [5.74, 6) is 2.75. The lowest BCUT2D eigenvalue weighted by molar-refractivity contribution is 0.130. The number of fused-ring (bicyclic) bond motifs is 1. The number of halogens is 1. The summed E-state index contributed by atoms with van der Waals surface area (Å²) in [6.45, 7) is 10.8. The first kappa shape index (κ1) is 33.7. The van der Waals surface area contributed by atoms with Crippen LogP contribution in [-0.4, -0.2) is 82.1 Å². The lowest BCUT2D eigenvalue weighted by atomic mass is 10.0. The minimum atomic E-state index is -0.848. The summed E-state index contributed by atoms with van der Waals surface area (Å²) in [5.41, 5.74) is 3.05. The molecule has 45 heavy (non-hydrogen) atoms. The molecule has 3 aromatic carbocycles. The Bertz CT molecular complexity index is 1410. The van der Waals surface area contributed by atoms with Gasteiger partial charge >= 0.3 is 0 Å². The van der Waals surface area contributed by atoms with Crippen molar-refractivity contribution in [3.8, 4) is 23.0 Å². The van der Waals surface area contributed by atoms with Gasteiger partial charge in [-0.1, -0.05) is 41.6 Å². The molecule has 0 aliphatic carbocycles. The molecular formula is C35H45ClN3O5S-. The molecule has 0 amide bonds. The van der Waals surface area contributed by atoms with Crippen molar-refractivity contribution in [2.45, 2.75) is 48.9 Å². The normalized spacial score (nSPS) is 20.9. The number of rotatable bonds is 13. The third-order valence-corrected chi connectivity index (χ3v) is 10.5. The SMILES string of the molecule is COc1cc(CCN2CCN(CCCCOc3ccc(Cl)cc3C3(C)Sc4ccccc4C(C)N3[O-])CC2)cc(OC)c1OC. The fraction of sp³-hybridized carbons (Fsp3) is 0.486. The monoisotopic (exact) mass is 654 g/mol. The standard InChI is InChI=1S/C35H45ClN3O5S/c1-25-28-10-6-7-11-33(28)45-35(2,39(25)40)29-24-27(36)12-13-30(29)44-21-9-8-15-37-17-19-38(20-18-37)16-14-26-22-31(41-3)34(43-5)32(23-26)42-4/h6-7,10-13,22-25H,8-9,14-21H2,1-5H3/q-1. The van der Waals surface area contributed by atoms with Crippen LogP contribution >= 0.6 is 23.4 Å². The number of ether oxygens (including phenoxy) is 4. The molecule has 10 heteroatoms. The fourth-order valence-corrected chi connectivity index (χ4v) is 7.88. The Morgan fingerprint density at radius 2 is 1.53 bits per heavy atom. The molecule has 0 spiro atoms. The number of piperazine rings is 1. The highest BCUT2D eigenvalue weighted by atomic mass is 35.5. The molecular weight excluding hydrogens is 610 g/mol. The quantitative estimate of drug-likeness (QED) is 0.178. The molecule has 8 nitrogen and oxygen atoms in total. The van der Waals surface area contributed by atoms with Crippen molar-refractivity contribution in [3.63, 3.8) is 0 Å². The molecule has 0 aromatic heterocycles. The summed E-state index contributed by atoms with van der Waals surface area (Å²) in [5, 5.41) is 15.4. The second kappa shape index (κ2) is 15.3.